The number of anilines is 1. The van der Waals surface area contributed by atoms with Gasteiger partial charge in [0.15, 0.2) is 0 Å². The Morgan fingerprint density at radius 2 is 2.23 bits per heavy atom. The smallest absolute Gasteiger partial charge is 0.148 e. The second-order valence-electron chi connectivity index (χ2n) is 2.94. The van der Waals surface area contributed by atoms with Crippen molar-refractivity contribution in [1.29, 1.82) is 0 Å². The van der Waals surface area contributed by atoms with E-state index in [2.05, 4.69) is 9.97 Å². The van der Waals surface area contributed by atoms with Crippen LogP contribution in [0.15, 0.2) is 12.1 Å². The summed E-state index contributed by atoms with van der Waals surface area (Å²) in [5.41, 5.74) is 8.10. The first kappa shape index (κ1) is 7.91. The van der Waals surface area contributed by atoms with Gasteiger partial charge in [0.2, 0.25) is 0 Å². The lowest BCUT2D eigenvalue weighted by Gasteiger charge is -2.01. The van der Waals surface area contributed by atoms with Crippen LogP contribution in [0.3, 0.4) is 0 Å². The molecule has 0 aliphatic carbocycles. The summed E-state index contributed by atoms with van der Waals surface area (Å²) < 4.78 is 5.16. The van der Waals surface area contributed by atoms with Crippen molar-refractivity contribution < 1.29 is 4.74 Å². The Kier molecular flexibility index (Phi) is 1.62. The minimum atomic E-state index is 0.674. The zero-order chi connectivity index (χ0) is 9.42. The van der Waals surface area contributed by atoms with Crippen LogP contribution < -0.4 is 10.5 Å². The highest BCUT2D eigenvalue weighted by Crippen LogP contribution is 2.26. The van der Waals surface area contributed by atoms with E-state index in [0.717, 1.165) is 16.9 Å². The molecular formula is C9H11N3O. The maximum Gasteiger partial charge on any atom is 0.148 e. The van der Waals surface area contributed by atoms with Gasteiger partial charge in [-0.15, -0.1) is 0 Å². The van der Waals surface area contributed by atoms with E-state index in [9.17, 15) is 0 Å². The van der Waals surface area contributed by atoms with Gasteiger partial charge in [-0.1, -0.05) is 0 Å². The minimum absolute atomic E-state index is 0.674. The Morgan fingerprint density at radius 1 is 1.46 bits per heavy atom. The van der Waals surface area contributed by atoms with Gasteiger partial charge in [-0.05, 0) is 13.0 Å². The first-order valence-corrected chi connectivity index (χ1v) is 4.00. The zero-order valence-electron chi connectivity index (χ0n) is 7.59. The van der Waals surface area contributed by atoms with Crippen molar-refractivity contribution in [3.05, 3.63) is 18.0 Å². The van der Waals surface area contributed by atoms with Crippen LogP contribution in [0.2, 0.25) is 0 Å². The van der Waals surface area contributed by atoms with Gasteiger partial charge in [0.25, 0.3) is 0 Å². The first-order valence-electron chi connectivity index (χ1n) is 4.00. The molecule has 0 spiro atoms. The monoisotopic (exact) mass is 177 g/mol. The molecule has 1 heterocycles. The van der Waals surface area contributed by atoms with E-state index in [0.29, 0.717) is 11.4 Å². The second-order valence-corrected chi connectivity index (χ2v) is 2.94. The Bertz CT molecular complexity index is 447. The van der Waals surface area contributed by atoms with Gasteiger partial charge in [0, 0.05) is 11.8 Å². The van der Waals surface area contributed by atoms with Gasteiger partial charge in [-0.2, -0.15) is 0 Å². The molecule has 2 aromatic rings. The van der Waals surface area contributed by atoms with Gasteiger partial charge in [0.1, 0.15) is 17.1 Å². The van der Waals surface area contributed by atoms with E-state index in [-0.39, 0.29) is 0 Å². The number of nitrogens with zero attached hydrogens (tertiary/aromatic N) is 1. The number of nitrogens with two attached hydrogens (primary N) is 1. The summed E-state index contributed by atoms with van der Waals surface area (Å²) >= 11 is 0. The lowest BCUT2D eigenvalue weighted by atomic mass is 10.2. The van der Waals surface area contributed by atoms with Gasteiger partial charge in [-0.25, -0.2) is 4.98 Å². The van der Waals surface area contributed by atoms with Crippen LogP contribution in [0, 0.1) is 6.92 Å². The fourth-order valence-electron chi connectivity index (χ4n) is 1.39. The molecule has 0 saturated carbocycles. The molecule has 0 atom stereocenters. The lowest BCUT2D eigenvalue weighted by molar-refractivity contribution is 0.419. The number of imidazole rings is 1. The molecule has 68 valence electrons. The summed E-state index contributed by atoms with van der Waals surface area (Å²) in [6.07, 6.45) is 0. The molecule has 13 heavy (non-hydrogen) atoms. The standard InChI is InChI=1S/C9H11N3O/c1-5-11-7-3-6(10)4-8(13-2)9(7)12-5/h3-4H,10H2,1-2H3,(H,11,12). The van der Waals surface area contributed by atoms with Crippen LogP contribution >= 0.6 is 0 Å². The third-order valence-corrected chi connectivity index (χ3v) is 1.91. The molecule has 3 N–H and O–H groups in total. The van der Waals surface area contributed by atoms with Gasteiger partial charge in [-0.3, -0.25) is 0 Å². The highest BCUT2D eigenvalue weighted by Gasteiger charge is 2.06. The highest BCUT2D eigenvalue weighted by atomic mass is 16.5. The predicted octanol–water partition coefficient (Wildman–Crippen LogP) is 1.46. The number of nitrogens with one attached hydrogen (secondary N) is 1. The van der Waals surface area contributed by atoms with Crippen molar-refractivity contribution in [3.8, 4) is 5.75 Å². The van der Waals surface area contributed by atoms with Crippen molar-refractivity contribution in [2.24, 2.45) is 0 Å². The summed E-state index contributed by atoms with van der Waals surface area (Å²) in [6, 6.07) is 3.61. The van der Waals surface area contributed by atoms with Crippen LogP contribution in [0.4, 0.5) is 5.69 Å². The maximum atomic E-state index is 5.68. The fourth-order valence-corrected chi connectivity index (χ4v) is 1.39. The zero-order valence-corrected chi connectivity index (χ0v) is 7.59. The Morgan fingerprint density at radius 3 is 2.92 bits per heavy atom. The summed E-state index contributed by atoms with van der Waals surface area (Å²) in [5.74, 6) is 1.57. The fraction of sp³-hybridized carbons (Fsp3) is 0.222. The Balaban J connectivity index is 2.80. The number of rotatable bonds is 1. The van der Waals surface area contributed by atoms with Crippen molar-refractivity contribution in [3.63, 3.8) is 0 Å². The van der Waals surface area contributed by atoms with Crippen LogP contribution in [0.1, 0.15) is 5.82 Å². The maximum absolute atomic E-state index is 5.68. The molecule has 4 heteroatoms. The molecule has 0 fully saturated rings. The number of methoxy groups -OCH3 is 1. The molecule has 0 saturated heterocycles. The van der Waals surface area contributed by atoms with Crippen LogP contribution in [-0.4, -0.2) is 17.1 Å². The van der Waals surface area contributed by atoms with Crippen molar-refractivity contribution in [1.82, 2.24) is 9.97 Å². The highest BCUT2D eigenvalue weighted by molar-refractivity contribution is 5.85. The summed E-state index contributed by atoms with van der Waals surface area (Å²) in [6.45, 7) is 1.90. The predicted molar refractivity (Wildman–Crippen MR) is 51.8 cm³/mol. The molecule has 1 aromatic heterocycles. The molecule has 2 rings (SSSR count). The van der Waals surface area contributed by atoms with Crippen LogP contribution in [-0.2, 0) is 0 Å². The first-order chi connectivity index (χ1) is 6.20. The number of H-pyrrole nitrogens is 1. The number of nitrogen functional groups attached to an aromatic ring is 1. The van der Waals surface area contributed by atoms with Crippen LogP contribution in [0.5, 0.6) is 5.75 Å². The van der Waals surface area contributed by atoms with Gasteiger partial charge >= 0.3 is 0 Å². The minimum Gasteiger partial charge on any atom is -0.494 e. The summed E-state index contributed by atoms with van der Waals surface area (Å²) in [7, 11) is 1.61. The molecule has 0 radical (unpaired) electrons. The van der Waals surface area contributed by atoms with E-state index < -0.39 is 0 Å². The number of hydrogen-bond acceptors (Lipinski definition) is 3. The number of fused-ring (bicyclic) bond motifs is 1. The number of hydrogen-bond donors (Lipinski definition) is 2. The van der Waals surface area contributed by atoms with Crippen molar-refractivity contribution in [2.45, 2.75) is 6.92 Å². The molecule has 1 aromatic carbocycles. The molecule has 0 aliphatic rings. The summed E-state index contributed by atoms with van der Waals surface area (Å²) in [5, 5.41) is 0. The third kappa shape index (κ3) is 1.20. The molecule has 4 nitrogen and oxygen atoms in total. The molecule has 0 aliphatic heterocycles. The molecule has 0 unspecified atom stereocenters. The van der Waals surface area contributed by atoms with Crippen molar-refractivity contribution >= 4 is 16.7 Å². The van der Waals surface area contributed by atoms with Crippen molar-refractivity contribution in [2.75, 3.05) is 12.8 Å². The normalized spacial score (nSPS) is 10.6. The summed E-state index contributed by atoms with van der Waals surface area (Å²) in [4.78, 5) is 7.39. The SMILES string of the molecule is COc1cc(N)cc2[nH]c(C)nc12. The van der Waals surface area contributed by atoms with E-state index in [1.807, 2.05) is 13.0 Å². The van der Waals surface area contributed by atoms with Gasteiger partial charge < -0.3 is 15.5 Å². The largest absolute Gasteiger partial charge is 0.494 e. The number of aryl methyl sites for hydroxylation is 1. The Hall–Kier alpha value is -1.71. The molecular weight excluding hydrogens is 166 g/mol. The average molecular weight is 177 g/mol. The molecule has 0 bridgehead atoms. The number of aromatic nitrogens is 2. The van der Waals surface area contributed by atoms with Crippen LogP contribution in [0.25, 0.3) is 11.0 Å². The van der Waals surface area contributed by atoms with E-state index in [1.165, 1.54) is 0 Å². The quantitative estimate of drug-likeness (QED) is 0.648. The molecule has 0 amide bonds. The number of ether oxygens (including phenoxy) is 1. The average Bonchev–Trinajstić information content (AvgIpc) is 2.43. The van der Waals surface area contributed by atoms with Gasteiger partial charge in [0.05, 0.1) is 12.6 Å². The number of benzene rings is 1. The van der Waals surface area contributed by atoms with E-state index >= 15 is 0 Å². The topological polar surface area (TPSA) is 63.9 Å². The van der Waals surface area contributed by atoms with E-state index in [1.54, 1.807) is 13.2 Å². The van der Waals surface area contributed by atoms with E-state index in [4.69, 9.17) is 10.5 Å². The Labute approximate surface area is 75.7 Å². The lowest BCUT2D eigenvalue weighted by Crippen LogP contribution is -1.89. The second kappa shape index (κ2) is 2.65. The number of aromatic amines is 1. The third-order valence-electron chi connectivity index (χ3n) is 1.91.